The Bertz CT molecular complexity index is 1120. The number of benzene rings is 4. The lowest BCUT2D eigenvalue weighted by atomic mass is 10.0. The average Bonchev–Trinajstić information content (AvgIpc) is 2.72. The van der Waals surface area contributed by atoms with Crippen molar-refractivity contribution in [2.75, 3.05) is 4.90 Å². The van der Waals surface area contributed by atoms with Gasteiger partial charge in [-0.2, -0.15) is 0 Å². The minimum Gasteiger partial charge on any atom is -0.453 e. The van der Waals surface area contributed by atoms with E-state index in [9.17, 15) is 0 Å². The minimum absolute atomic E-state index is 0.822. The Morgan fingerprint density at radius 1 is 0.571 bits per heavy atom. The molecule has 1 aliphatic rings. The van der Waals surface area contributed by atoms with E-state index in [-0.39, 0.29) is 0 Å². The number of para-hydroxylation sites is 1. The summed E-state index contributed by atoms with van der Waals surface area (Å²) in [7, 11) is 0. The zero-order chi connectivity index (χ0) is 19.1. The van der Waals surface area contributed by atoms with E-state index in [0.717, 1.165) is 37.5 Å². The van der Waals surface area contributed by atoms with Gasteiger partial charge in [-0.3, -0.25) is 0 Å². The molecule has 0 aromatic heterocycles. The van der Waals surface area contributed by atoms with Crippen LogP contribution in [-0.2, 0) is 0 Å². The van der Waals surface area contributed by atoms with Gasteiger partial charge in [0.15, 0.2) is 11.5 Å². The van der Waals surface area contributed by atoms with Gasteiger partial charge in [-0.25, -0.2) is 0 Å². The van der Waals surface area contributed by atoms with Crippen LogP contribution >= 0.6 is 31.9 Å². The summed E-state index contributed by atoms with van der Waals surface area (Å²) in [5, 5.41) is 0. The fourth-order valence-electron chi connectivity index (χ4n) is 3.55. The Hall–Kier alpha value is -2.56. The molecule has 28 heavy (non-hydrogen) atoms. The van der Waals surface area contributed by atoms with Crippen molar-refractivity contribution < 1.29 is 4.74 Å². The number of ether oxygens (including phenoxy) is 1. The molecule has 0 N–H and O–H groups in total. The number of nitrogens with zero attached hydrogens (tertiary/aromatic N) is 1. The Labute approximate surface area is 180 Å². The largest absolute Gasteiger partial charge is 0.453 e. The second-order valence-electron chi connectivity index (χ2n) is 6.54. The third-order valence-electron chi connectivity index (χ3n) is 4.78. The monoisotopic (exact) mass is 491 g/mol. The molecule has 0 saturated carbocycles. The maximum atomic E-state index is 6.23. The first-order chi connectivity index (χ1) is 13.7. The summed E-state index contributed by atoms with van der Waals surface area (Å²) in [6.07, 6.45) is 0. The normalized spacial score (nSPS) is 12.1. The van der Waals surface area contributed by atoms with Gasteiger partial charge in [-0.1, -0.05) is 80.4 Å². The molecular formula is C24H15Br2NO. The fourth-order valence-corrected chi connectivity index (χ4v) is 4.23. The van der Waals surface area contributed by atoms with Crippen LogP contribution in [0.15, 0.2) is 99.9 Å². The third kappa shape index (κ3) is 3.03. The Kier molecular flexibility index (Phi) is 4.46. The number of fused-ring (bicyclic) bond motifs is 2. The van der Waals surface area contributed by atoms with Crippen LogP contribution in [0.5, 0.6) is 11.5 Å². The van der Waals surface area contributed by atoms with Crippen LogP contribution in [0.2, 0.25) is 0 Å². The van der Waals surface area contributed by atoms with Gasteiger partial charge >= 0.3 is 0 Å². The fraction of sp³-hybridized carbons (Fsp3) is 0. The van der Waals surface area contributed by atoms with Crippen molar-refractivity contribution in [3.8, 4) is 22.6 Å². The highest BCUT2D eigenvalue weighted by atomic mass is 79.9. The third-order valence-corrected chi connectivity index (χ3v) is 5.76. The molecule has 2 nitrogen and oxygen atoms in total. The lowest BCUT2D eigenvalue weighted by Gasteiger charge is -2.34. The van der Waals surface area contributed by atoms with Crippen molar-refractivity contribution in [1.29, 1.82) is 0 Å². The van der Waals surface area contributed by atoms with E-state index in [2.05, 4.69) is 97.4 Å². The summed E-state index contributed by atoms with van der Waals surface area (Å²) >= 11 is 7.13. The summed E-state index contributed by atoms with van der Waals surface area (Å²) < 4.78 is 8.21. The Balaban J connectivity index is 1.78. The van der Waals surface area contributed by atoms with Gasteiger partial charge < -0.3 is 9.64 Å². The average molecular weight is 493 g/mol. The lowest BCUT2D eigenvalue weighted by molar-refractivity contribution is 0.476. The second kappa shape index (κ2) is 7.12. The quantitative estimate of drug-likeness (QED) is 0.245. The van der Waals surface area contributed by atoms with Gasteiger partial charge in [0, 0.05) is 14.5 Å². The lowest BCUT2D eigenvalue weighted by Crippen LogP contribution is -2.16. The highest BCUT2D eigenvalue weighted by Gasteiger charge is 2.27. The first-order valence-corrected chi connectivity index (χ1v) is 10.5. The van der Waals surface area contributed by atoms with Gasteiger partial charge in [-0.05, 0) is 48.0 Å². The molecule has 1 aliphatic heterocycles. The molecule has 5 rings (SSSR count). The summed E-state index contributed by atoms with van der Waals surface area (Å²) in [5.41, 5.74) is 5.50. The minimum atomic E-state index is 0.822. The first-order valence-electron chi connectivity index (χ1n) is 8.92. The zero-order valence-corrected chi connectivity index (χ0v) is 17.9. The molecule has 0 atom stereocenters. The van der Waals surface area contributed by atoms with Crippen LogP contribution in [0.4, 0.5) is 17.1 Å². The molecule has 0 aliphatic carbocycles. The van der Waals surface area contributed by atoms with Crippen LogP contribution in [0.3, 0.4) is 0 Å². The number of halogens is 2. The molecule has 4 heteroatoms. The molecule has 4 aromatic rings. The summed E-state index contributed by atoms with van der Waals surface area (Å²) in [6, 6.07) is 31.2. The van der Waals surface area contributed by atoms with E-state index in [0.29, 0.717) is 0 Å². The van der Waals surface area contributed by atoms with Crippen molar-refractivity contribution in [2.45, 2.75) is 0 Å². The predicted molar refractivity (Wildman–Crippen MR) is 122 cm³/mol. The second-order valence-corrected chi connectivity index (χ2v) is 8.38. The molecule has 0 radical (unpaired) electrons. The SMILES string of the molecule is Brc1ccc2c(c1)Oc1cc(Br)ccc1N2c1ccccc1-c1ccccc1. The molecule has 0 spiro atoms. The topological polar surface area (TPSA) is 12.5 Å². The van der Waals surface area contributed by atoms with Crippen molar-refractivity contribution >= 4 is 48.9 Å². The standard InChI is InChI=1S/C24H15Br2NO/c25-17-10-12-21-23(14-17)28-24-15-18(26)11-13-22(24)27(21)20-9-5-4-8-19(20)16-6-2-1-3-7-16/h1-15H. The summed E-state index contributed by atoms with van der Waals surface area (Å²) in [4.78, 5) is 2.27. The van der Waals surface area contributed by atoms with E-state index in [1.54, 1.807) is 0 Å². The molecule has 0 bridgehead atoms. The van der Waals surface area contributed by atoms with E-state index >= 15 is 0 Å². The Morgan fingerprint density at radius 3 is 1.79 bits per heavy atom. The highest BCUT2D eigenvalue weighted by molar-refractivity contribution is 9.10. The first kappa shape index (κ1) is 17.5. The van der Waals surface area contributed by atoms with Crippen molar-refractivity contribution in [3.05, 3.63) is 99.9 Å². The summed E-state index contributed by atoms with van der Waals surface area (Å²) in [6.45, 7) is 0. The molecule has 136 valence electrons. The Morgan fingerprint density at radius 2 is 1.14 bits per heavy atom. The van der Waals surface area contributed by atoms with Crippen LogP contribution < -0.4 is 9.64 Å². The predicted octanol–water partition coefficient (Wildman–Crippen LogP) is 8.45. The highest BCUT2D eigenvalue weighted by Crippen LogP contribution is 2.53. The maximum absolute atomic E-state index is 6.23. The van der Waals surface area contributed by atoms with Crippen LogP contribution in [0, 0.1) is 0 Å². The van der Waals surface area contributed by atoms with Crippen LogP contribution in [-0.4, -0.2) is 0 Å². The van der Waals surface area contributed by atoms with E-state index < -0.39 is 0 Å². The van der Waals surface area contributed by atoms with Gasteiger partial charge in [-0.15, -0.1) is 0 Å². The van der Waals surface area contributed by atoms with Gasteiger partial charge in [0.2, 0.25) is 0 Å². The molecular weight excluding hydrogens is 478 g/mol. The smallest absolute Gasteiger partial charge is 0.152 e. The van der Waals surface area contributed by atoms with Crippen LogP contribution in [0.25, 0.3) is 11.1 Å². The van der Waals surface area contributed by atoms with Crippen molar-refractivity contribution in [1.82, 2.24) is 0 Å². The molecule has 0 unspecified atom stereocenters. The van der Waals surface area contributed by atoms with Gasteiger partial charge in [0.05, 0.1) is 17.1 Å². The number of hydrogen-bond acceptors (Lipinski definition) is 2. The number of hydrogen-bond donors (Lipinski definition) is 0. The van der Waals surface area contributed by atoms with Crippen molar-refractivity contribution in [2.24, 2.45) is 0 Å². The van der Waals surface area contributed by atoms with E-state index in [1.165, 1.54) is 11.1 Å². The van der Waals surface area contributed by atoms with E-state index in [4.69, 9.17) is 4.74 Å². The van der Waals surface area contributed by atoms with E-state index in [1.807, 2.05) is 30.3 Å². The van der Waals surface area contributed by atoms with Gasteiger partial charge in [0.25, 0.3) is 0 Å². The zero-order valence-electron chi connectivity index (χ0n) is 14.8. The molecule has 0 fully saturated rings. The summed E-state index contributed by atoms with van der Waals surface area (Å²) in [5.74, 6) is 1.64. The molecule has 0 saturated heterocycles. The number of rotatable bonds is 2. The maximum Gasteiger partial charge on any atom is 0.152 e. The van der Waals surface area contributed by atoms with Crippen LogP contribution in [0.1, 0.15) is 0 Å². The van der Waals surface area contributed by atoms with Crippen molar-refractivity contribution in [3.63, 3.8) is 0 Å². The molecule has 0 amide bonds. The molecule has 4 aromatic carbocycles. The van der Waals surface area contributed by atoms with Gasteiger partial charge in [0.1, 0.15) is 0 Å². The molecule has 1 heterocycles. The number of anilines is 3.